The van der Waals surface area contributed by atoms with E-state index in [-0.39, 0.29) is 0 Å². The van der Waals surface area contributed by atoms with Gasteiger partial charge in [-0.25, -0.2) is 0 Å². The van der Waals surface area contributed by atoms with Crippen LogP contribution in [0.4, 0.5) is 0 Å². The largest absolute Gasteiger partial charge is 0.299 e. The molecule has 0 radical (unpaired) electrons. The van der Waals surface area contributed by atoms with Crippen LogP contribution < -0.4 is 0 Å². The van der Waals surface area contributed by atoms with Crippen LogP contribution in [0.2, 0.25) is 0 Å². The van der Waals surface area contributed by atoms with E-state index in [0.29, 0.717) is 0 Å². The predicted molar refractivity (Wildman–Crippen MR) is 62.5 cm³/mol. The highest BCUT2D eigenvalue weighted by Crippen LogP contribution is 2.30. The molecule has 0 amide bonds. The first-order valence-electron chi connectivity index (χ1n) is 5.99. The van der Waals surface area contributed by atoms with Gasteiger partial charge >= 0.3 is 0 Å². The summed E-state index contributed by atoms with van der Waals surface area (Å²) in [7, 11) is 0. The summed E-state index contributed by atoms with van der Waals surface area (Å²) in [6, 6.07) is 4.24. The van der Waals surface area contributed by atoms with Gasteiger partial charge in [0.15, 0.2) is 0 Å². The molecule has 0 N–H and O–H groups in total. The van der Waals surface area contributed by atoms with Crippen molar-refractivity contribution in [1.29, 1.82) is 0 Å². The van der Waals surface area contributed by atoms with Gasteiger partial charge in [0.2, 0.25) is 0 Å². The fraction of sp³-hybridized carbons (Fsp3) is 0.615. The van der Waals surface area contributed by atoms with Crippen molar-refractivity contribution in [2.45, 2.75) is 32.7 Å². The second kappa shape index (κ2) is 5.26. The van der Waals surface area contributed by atoms with Crippen LogP contribution in [-0.4, -0.2) is 23.0 Å². The highest BCUT2D eigenvalue weighted by molar-refractivity contribution is 5.09. The van der Waals surface area contributed by atoms with E-state index >= 15 is 0 Å². The second-order valence-electron chi connectivity index (χ2n) is 4.53. The zero-order chi connectivity index (χ0) is 10.5. The lowest BCUT2D eigenvalue weighted by Crippen LogP contribution is -2.26. The van der Waals surface area contributed by atoms with Gasteiger partial charge in [0.25, 0.3) is 0 Å². The van der Waals surface area contributed by atoms with Gasteiger partial charge in [0, 0.05) is 25.5 Å². The lowest BCUT2D eigenvalue weighted by Gasteiger charge is -2.21. The maximum Gasteiger partial charge on any atom is 0.0271 e. The van der Waals surface area contributed by atoms with Crippen LogP contribution in [0.25, 0.3) is 0 Å². The van der Waals surface area contributed by atoms with Crippen molar-refractivity contribution in [1.82, 2.24) is 9.88 Å². The topological polar surface area (TPSA) is 16.1 Å². The smallest absolute Gasteiger partial charge is 0.0271 e. The van der Waals surface area contributed by atoms with E-state index in [1.807, 2.05) is 12.4 Å². The highest BCUT2D eigenvalue weighted by atomic mass is 15.1. The van der Waals surface area contributed by atoms with Crippen molar-refractivity contribution in [2.75, 3.05) is 13.1 Å². The van der Waals surface area contributed by atoms with Gasteiger partial charge in [0.05, 0.1) is 0 Å². The Morgan fingerprint density at radius 2 is 2.07 bits per heavy atom. The van der Waals surface area contributed by atoms with E-state index in [9.17, 15) is 0 Å². The van der Waals surface area contributed by atoms with Gasteiger partial charge in [-0.2, -0.15) is 0 Å². The predicted octanol–water partition coefficient (Wildman–Crippen LogP) is 2.70. The van der Waals surface area contributed by atoms with Gasteiger partial charge in [-0.15, -0.1) is 0 Å². The fourth-order valence-electron chi connectivity index (χ4n) is 1.96. The van der Waals surface area contributed by atoms with Gasteiger partial charge in [-0.1, -0.05) is 6.92 Å². The van der Waals surface area contributed by atoms with Crippen molar-refractivity contribution in [3.8, 4) is 0 Å². The third-order valence-electron chi connectivity index (χ3n) is 2.91. The molecule has 0 atom stereocenters. The monoisotopic (exact) mass is 204 g/mol. The van der Waals surface area contributed by atoms with Crippen LogP contribution in [-0.2, 0) is 6.54 Å². The highest BCUT2D eigenvalue weighted by Gasteiger charge is 2.23. The van der Waals surface area contributed by atoms with Crippen LogP contribution >= 0.6 is 0 Å². The zero-order valence-corrected chi connectivity index (χ0v) is 9.52. The van der Waals surface area contributed by atoms with Crippen LogP contribution in [0.1, 0.15) is 31.7 Å². The maximum atomic E-state index is 4.05. The summed E-state index contributed by atoms with van der Waals surface area (Å²) in [6.45, 7) is 5.86. The van der Waals surface area contributed by atoms with Crippen LogP contribution in [0.15, 0.2) is 24.5 Å². The van der Waals surface area contributed by atoms with Gasteiger partial charge in [-0.05, 0) is 49.4 Å². The van der Waals surface area contributed by atoms with Gasteiger partial charge in [0.1, 0.15) is 0 Å². The third-order valence-corrected chi connectivity index (χ3v) is 2.91. The molecule has 1 heterocycles. The molecular weight excluding hydrogens is 184 g/mol. The molecule has 0 spiro atoms. The molecule has 0 unspecified atom stereocenters. The van der Waals surface area contributed by atoms with Crippen molar-refractivity contribution in [3.05, 3.63) is 30.1 Å². The minimum Gasteiger partial charge on any atom is -0.299 e. The minimum absolute atomic E-state index is 0.985. The van der Waals surface area contributed by atoms with E-state index in [1.165, 1.54) is 37.9 Å². The van der Waals surface area contributed by atoms with Crippen LogP contribution in [0.5, 0.6) is 0 Å². The summed E-state index contributed by atoms with van der Waals surface area (Å²) in [6.07, 6.45) is 7.90. The Morgan fingerprint density at radius 1 is 1.33 bits per heavy atom. The molecule has 0 aromatic carbocycles. The summed E-state index contributed by atoms with van der Waals surface area (Å²) in [4.78, 5) is 6.63. The Balaban J connectivity index is 1.87. The molecule has 1 saturated carbocycles. The number of aromatic nitrogens is 1. The van der Waals surface area contributed by atoms with E-state index in [4.69, 9.17) is 0 Å². The molecule has 2 nitrogen and oxygen atoms in total. The standard InChI is InChI=1S/C13H20N2/c1-2-9-15(10-12-3-4-12)11-13-5-7-14-8-6-13/h5-8,12H,2-4,9-11H2,1H3. The molecule has 82 valence electrons. The molecule has 1 aliphatic carbocycles. The number of hydrogen-bond acceptors (Lipinski definition) is 2. The molecule has 1 aliphatic rings. The Bertz CT molecular complexity index is 280. The van der Waals surface area contributed by atoms with E-state index in [2.05, 4.69) is 28.9 Å². The first kappa shape index (κ1) is 10.6. The van der Waals surface area contributed by atoms with Gasteiger partial charge < -0.3 is 0 Å². The van der Waals surface area contributed by atoms with Crippen molar-refractivity contribution in [3.63, 3.8) is 0 Å². The first-order chi connectivity index (χ1) is 7.38. The molecule has 0 saturated heterocycles. The van der Waals surface area contributed by atoms with Crippen LogP contribution in [0, 0.1) is 5.92 Å². The number of rotatable bonds is 6. The second-order valence-corrected chi connectivity index (χ2v) is 4.53. The molecular formula is C13H20N2. The Labute approximate surface area is 92.3 Å². The lowest BCUT2D eigenvalue weighted by atomic mass is 10.2. The summed E-state index contributed by atoms with van der Waals surface area (Å²) >= 11 is 0. The Hall–Kier alpha value is -0.890. The van der Waals surface area contributed by atoms with Crippen molar-refractivity contribution >= 4 is 0 Å². The minimum atomic E-state index is 0.985. The summed E-state index contributed by atoms with van der Waals surface area (Å²) < 4.78 is 0. The Morgan fingerprint density at radius 3 is 2.67 bits per heavy atom. The quantitative estimate of drug-likeness (QED) is 0.708. The number of hydrogen-bond donors (Lipinski definition) is 0. The molecule has 2 rings (SSSR count). The molecule has 1 aromatic heterocycles. The molecule has 1 aromatic rings. The maximum absolute atomic E-state index is 4.05. The van der Waals surface area contributed by atoms with E-state index in [0.717, 1.165) is 12.5 Å². The normalized spacial score (nSPS) is 15.9. The summed E-state index contributed by atoms with van der Waals surface area (Å²) in [5.74, 6) is 0.985. The SMILES string of the molecule is CCCN(Cc1ccncc1)CC1CC1. The van der Waals surface area contributed by atoms with Gasteiger partial charge in [-0.3, -0.25) is 9.88 Å². The average molecular weight is 204 g/mol. The molecule has 1 fully saturated rings. The van der Waals surface area contributed by atoms with E-state index < -0.39 is 0 Å². The molecule has 0 bridgehead atoms. The first-order valence-corrected chi connectivity index (χ1v) is 5.99. The summed E-state index contributed by atoms with van der Waals surface area (Å²) in [5.41, 5.74) is 1.39. The van der Waals surface area contributed by atoms with E-state index in [1.54, 1.807) is 0 Å². The van der Waals surface area contributed by atoms with Crippen molar-refractivity contribution in [2.24, 2.45) is 5.92 Å². The fourth-order valence-corrected chi connectivity index (χ4v) is 1.96. The molecule has 2 heteroatoms. The molecule has 15 heavy (non-hydrogen) atoms. The zero-order valence-electron chi connectivity index (χ0n) is 9.52. The number of nitrogens with zero attached hydrogens (tertiary/aromatic N) is 2. The summed E-state index contributed by atoms with van der Waals surface area (Å²) in [5, 5.41) is 0. The lowest BCUT2D eigenvalue weighted by molar-refractivity contribution is 0.255. The molecule has 0 aliphatic heterocycles. The Kier molecular flexibility index (Phi) is 3.73. The van der Waals surface area contributed by atoms with Crippen molar-refractivity contribution < 1.29 is 0 Å². The average Bonchev–Trinajstić information content (AvgIpc) is 3.03. The third kappa shape index (κ3) is 3.63. The number of pyridine rings is 1. The van der Waals surface area contributed by atoms with Crippen LogP contribution in [0.3, 0.4) is 0 Å².